The molecule has 2 aromatic rings. The van der Waals surface area contributed by atoms with Crippen molar-refractivity contribution < 1.29 is 5.11 Å². The summed E-state index contributed by atoms with van der Waals surface area (Å²) in [6.45, 7) is 4.04. The van der Waals surface area contributed by atoms with Crippen molar-refractivity contribution >= 4 is 59.1 Å². The van der Waals surface area contributed by atoms with Crippen LogP contribution in [-0.4, -0.2) is 5.11 Å². The quantitative estimate of drug-likeness (QED) is 0.614. The lowest BCUT2D eigenvalue weighted by Crippen LogP contribution is -2.02. The molecule has 96 valence electrons. The second kappa shape index (κ2) is 5.75. The topological polar surface area (TPSA) is 20.2 Å². The Labute approximate surface area is 136 Å². The lowest BCUT2D eigenvalue weighted by Gasteiger charge is -2.15. The first-order valence-electron chi connectivity index (χ1n) is 5.29. The largest absolute Gasteiger partial charge is 0.384 e. The van der Waals surface area contributed by atoms with Crippen LogP contribution in [-0.2, 0) is 0 Å². The first kappa shape index (κ1) is 14.7. The van der Waals surface area contributed by atoms with Gasteiger partial charge in [-0.05, 0) is 74.5 Å². The summed E-state index contributed by atoms with van der Waals surface area (Å²) in [4.78, 5) is 0. The van der Waals surface area contributed by atoms with Crippen molar-refractivity contribution in [3.8, 4) is 0 Å². The first-order valence-corrected chi connectivity index (χ1v) is 8.49. The van der Waals surface area contributed by atoms with Gasteiger partial charge in [0.25, 0.3) is 0 Å². The molecular formula is C13H11Br3OS. The Morgan fingerprint density at radius 1 is 1.00 bits per heavy atom. The van der Waals surface area contributed by atoms with Crippen molar-refractivity contribution in [2.45, 2.75) is 20.0 Å². The Bertz CT molecular complexity index is 592. The van der Waals surface area contributed by atoms with E-state index in [1.807, 2.05) is 32.0 Å². The Morgan fingerprint density at radius 3 is 2.22 bits per heavy atom. The van der Waals surface area contributed by atoms with E-state index in [1.165, 1.54) is 0 Å². The van der Waals surface area contributed by atoms with Crippen molar-refractivity contribution in [1.29, 1.82) is 0 Å². The van der Waals surface area contributed by atoms with Crippen molar-refractivity contribution in [1.82, 2.24) is 0 Å². The number of aliphatic hydroxyl groups excluding tert-OH is 1. The molecule has 2 rings (SSSR count). The maximum atomic E-state index is 10.5. The summed E-state index contributed by atoms with van der Waals surface area (Å²) in [6, 6.07) is 6.03. The SMILES string of the molecule is Cc1cc(C(O)c2cc(Br)sc2Br)c(C)cc1Br. The van der Waals surface area contributed by atoms with Gasteiger partial charge < -0.3 is 5.11 Å². The van der Waals surface area contributed by atoms with Crippen LogP contribution in [0.5, 0.6) is 0 Å². The summed E-state index contributed by atoms with van der Waals surface area (Å²) >= 11 is 12.0. The molecule has 1 aromatic heterocycles. The normalized spacial score (nSPS) is 12.8. The molecule has 1 unspecified atom stereocenters. The van der Waals surface area contributed by atoms with Crippen molar-refractivity contribution in [2.24, 2.45) is 0 Å². The van der Waals surface area contributed by atoms with Gasteiger partial charge in [0.05, 0.1) is 7.57 Å². The third-order valence-electron chi connectivity index (χ3n) is 2.82. The average molecular weight is 455 g/mol. The fourth-order valence-corrected chi connectivity index (χ4v) is 5.15. The molecule has 18 heavy (non-hydrogen) atoms. The highest BCUT2D eigenvalue weighted by molar-refractivity contribution is 9.12. The number of rotatable bonds is 2. The molecule has 1 atom stereocenters. The summed E-state index contributed by atoms with van der Waals surface area (Å²) in [6.07, 6.45) is -0.603. The van der Waals surface area contributed by atoms with E-state index < -0.39 is 6.10 Å². The maximum absolute atomic E-state index is 10.5. The van der Waals surface area contributed by atoms with Gasteiger partial charge in [0.2, 0.25) is 0 Å². The first-order chi connectivity index (χ1) is 8.40. The summed E-state index contributed by atoms with van der Waals surface area (Å²) in [5.74, 6) is 0. The number of hydrogen-bond donors (Lipinski definition) is 1. The molecule has 1 nitrogen and oxygen atoms in total. The summed E-state index contributed by atoms with van der Waals surface area (Å²) in [5.41, 5.74) is 4.05. The third-order valence-corrected chi connectivity index (χ3v) is 6.06. The van der Waals surface area contributed by atoms with E-state index in [0.29, 0.717) is 0 Å². The Balaban J connectivity index is 2.49. The lowest BCUT2D eigenvalue weighted by atomic mass is 9.97. The van der Waals surface area contributed by atoms with Gasteiger partial charge in [0.15, 0.2) is 0 Å². The third kappa shape index (κ3) is 2.90. The van der Waals surface area contributed by atoms with Crippen LogP contribution in [0.25, 0.3) is 0 Å². The molecule has 0 aliphatic carbocycles. The van der Waals surface area contributed by atoms with Crippen LogP contribution >= 0.6 is 59.1 Å². The number of hydrogen-bond acceptors (Lipinski definition) is 2. The molecule has 0 aliphatic heterocycles. The molecule has 0 saturated carbocycles. The van der Waals surface area contributed by atoms with E-state index in [0.717, 1.165) is 34.3 Å². The summed E-state index contributed by atoms with van der Waals surface area (Å²) in [5, 5.41) is 10.5. The molecule has 0 radical (unpaired) electrons. The highest BCUT2D eigenvalue weighted by Gasteiger charge is 2.19. The summed E-state index contributed by atoms with van der Waals surface area (Å²) in [7, 11) is 0. The molecule has 0 aliphatic rings. The molecular weight excluding hydrogens is 444 g/mol. The molecule has 0 fully saturated rings. The standard InChI is InChI=1S/C13H11Br3OS/c1-6-4-10(14)7(2)3-8(6)12(17)9-5-11(15)18-13(9)16/h3-5,12,17H,1-2H3. The number of aliphatic hydroxyl groups is 1. The number of thiophene rings is 1. The van der Waals surface area contributed by atoms with Gasteiger partial charge in [-0.15, -0.1) is 11.3 Å². The van der Waals surface area contributed by atoms with Crippen molar-refractivity contribution in [3.63, 3.8) is 0 Å². The Hall–Kier alpha value is 0.320. The minimum absolute atomic E-state index is 0.603. The molecule has 0 bridgehead atoms. The van der Waals surface area contributed by atoms with E-state index in [1.54, 1.807) is 11.3 Å². The molecule has 0 amide bonds. The van der Waals surface area contributed by atoms with Gasteiger partial charge in [-0.2, -0.15) is 0 Å². The summed E-state index contributed by atoms with van der Waals surface area (Å²) < 4.78 is 3.04. The van der Waals surface area contributed by atoms with Crippen LogP contribution < -0.4 is 0 Å². The van der Waals surface area contributed by atoms with Crippen molar-refractivity contribution in [2.75, 3.05) is 0 Å². The fraction of sp³-hybridized carbons (Fsp3) is 0.231. The highest BCUT2D eigenvalue weighted by atomic mass is 79.9. The lowest BCUT2D eigenvalue weighted by molar-refractivity contribution is 0.219. The molecule has 0 saturated heterocycles. The maximum Gasteiger partial charge on any atom is 0.106 e. The van der Waals surface area contributed by atoms with Gasteiger partial charge in [0, 0.05) is 10.0 Å². The zero-order valence-corrected chi connectivity index (χ0v) is 15.4. The van der Waals surface area contributed by atoms with Gasteiger partial charge in [0.1, 0.15) is 6.10 Å². The average Bonchev–Trinajstić information content (AvgIpc) is 2.62. The van der Waals surface area contributed by atoms with Gasteiger partial charge in [-0.25, -0.2) is 0 Å². The van der Waals surface area contributed by atoms with E-state index in [9.17, 15) is 5.11 Å². The van der Waals surface area contributed by atoms with Crippen LogP contribution in [0.4, 0.5) is 0 Å². The predicted molar refractivity (Wildman–Crippen MR) is 87.4 cm³/mol. The number of aryl methyl sites for hydroxylation is 2. The minimum Gasteiger partial charge on any atom is -0.384 e. The van der Waals surface area contributed by atoms with Crippen LogP contribution in [0.3, 0.4) is 0 Å². The molecule has 1 heterocycles. The highest BCUT2D eigenvalue weighted by Crippen LogP contribution is 2.39. The van der Waals surface area contributed by atoms with E-state index in [4.69, 9.17) is 0 Å². The van der Waals surface area contributed by atoms with E-state index in [-0.39, 0.29) is 0 Å². The molecule has 1 aromatic carbocycles. The minimum atomic E-state index is -0.603. The number of halogens is 3. The van der Waals surface area contributed by atoms with Crippen LogP contribution in [0.2, 0.25) is 0 Å². The second-order valence-corrected chi connectivity index (χ2v) is 8.74. The molecule has 1 N–H and O–H groups in total. The Morgan fingerprint density at radius 2 is 1.67 bits per heavy atom. The van der Waals surface area contributed by atoms with Crippen molar-refractivity contribution in [3.05, 3.63) is 52.5 Å². The number of benzene rings is 1. The zero-order chi connectivity index (χ0) is 13.4. The predicted octanol–water partition coefficient (Wildman–Crippen LogP) is 5.73. The smallest absolute Gasteiger partial charge is 0.106 e. The van der Waals surface area contributed by atoms with Gasteiger partial charge in [-0.3, -0.25) is 0 Å². The van der Waals surface area contributed by atoms with E-state index in [2.05, 4.69) is 47.8 Å². The molecule has 0 spiro atoms. The zero-order valence-electron chi connectivity index (χ0n) is 9.80. The fourth-order valence-electron chi connectivity index (χ4n) is 1.80. The van der Waals surface area contributed by atoms with Crippen LogP contribution in [0.1, 0.15) is 28.4 Å². The van der Waals surface area contributed by atoms with E-state index >= 15 is 0 Å². The van der Waals surface area contributed by atoms with Gasteiger partial charge >= 0.3 is 0 Å². The van der Waals surface area contributed by atoms with Gasteiger partial charge in [-0.1, -0.05) is 22.0 Å². The van der Waals surface area contributed by atoms with Crippen LogP contribution in [0.15, 0.2) is 30.2 Å². The monoisotopic (exact) mass is 452 g/mol. The molecule has 5 heteroatoms. The second-order valence-electron chi connectivity index (χ2n) is 4.14. The van der Waals surface area contributed by atoms with Crippen LogP contribution in [0, 0.1) is 13.8 Å². The Kier molecular flexibility index (Phi) is 4.70.